The molecule has 11 heavy (non-hydrogen) atoms. The molecule has 0 aromatic carbocycles. The molecule has 0 aromatic heterocycles. The van der Waals surface area contributed by atoms with Gasteiger partial charge in [-0.15, -0.1) is 0 Å². The number of hydrogen-bond donors (Lipinski definition) is 2. The first-order valence-electron chi connectivity index (χ1n) is 2.97. The Hall–Kier alpha value is -1.23. The Labute approximate surface area is 63.2 Å². The van der Waals surface area contributed by atoms with Crippen LogP contribution >= 0.6 is 0 Å². The zero-order valence-corrected chi connectivity index (χ0v) is 6.03. The zero-order chi connectivity index (χ0) is 9.02. The van der Waals surface area contributed by atoms with Gasteiger partial charge < -0.3 is 10.8 Å². The summed E-state index contributed by atoms with van der Waals surface area (Å²) in [6, 6.07) is -1.27. The highest BCUT2D eigenvalue weighted by Gasteiger charge is 2.18. The van der Waals surface area contributed by atoms with Crippen molar-refractivity contribution < 1.29 is 19.5 Å². The molecule has 0 amide bonds. The van der Waals surface area contributed by atoms with Crippen molar-refractivity contribution in [1.82, 2.24) is 0 Å². The number of carboxylic acids is 1. The van der Waals surface area contributed by atoms with E-state index in [1.165, 1.54) is 0 Å². The van der Waals surface area contributed by atoms with Crippen LogP contribution in [0.1, 0.15) is 13.3 Å². The summed E-state index contributed by atoms with van der Waals surface area (Å²) in [5.41, 5.74) is 4.98. The van der Waals surface area contributed by atoms with Gasteiger partial charge in [0, 0.05) is 13.3 Å². The van der Waals surface area contributed by atoms with Crippen molar-refractivity contribution >= 4 is 17.5 Å². The van der Waals surface area contributed by atoms with E-state index >= 15 is 0 Å². The molecule has 62 valence electrons. The minimum Gasteiger partial charge on any atom is -0.480 e. The van der Waals surface area contributed by atoms with Gasteiger partial charge in [-0.25, -0.2) is 0 Å². The topological polar surface area (TPSA) is 97.5 Å². The summed E-state index contributed by atoms with van der Waals surface area (Å²) in [7, 11) is 0. The van der Waals surface area contributed by atoms with Crippen molar-refractivity contribution in [2.45, 2.75) is 19.4 Å². The van der Waals surface area contributed by atoms with E-state index in [4.69, 9.17) is 10.8 Å². The Balaban J connectivity index is 3.95. The maximum atomic E-state index is 10.6. The summed E-state index contributed by atoms with van der Waals surface area (Å²) in [4.78, 5) is 30.9. The number of carboxylic acid groups (broad SMARTS) is 1. The number of carbonyl (C=O) groups is 3. The minimum absolute atomic E-state index is 0.426. The molecule has 0 aliphatic carbocycles. The number of carbonyl (C=O) groups excluding carboxylic acids is 2. The summed E-state index contributed by atoms with van der Waals surface area (Å²) in [5, 5.41) is 8.22. The average molecular weight is 159 g/mol. The molecule has 0 heterocycles. The molecule has 0 saturated heterocycles. The third-order valence-corrected chi connectivity index (χ3v) is 1.12. The van der Waals surface area contributed by atoms with Crippen LogP contribution in [-0.4, -0.2) is 28.7 Å². The molecule has 0 radical (unpaired) electrons. The van der Waals surface area contributed by atoms with Crippen molar-refractivity contribution in [2.75, 3.05) is 0 Å². The number of nitrogens with two attached hydrogens (primary N) is 1. The lowest BCUT2D eigenvalue weighted by Crippen LogP contribution is -2.34. The lowest BCUT2D eigenvalue weighted by molar-refractivity contribution is -0.141. The minimum atomic E-state index is -1.28. The van der Waals surface area contributed by atoms with Crippen molar-refractivity contribution in [2.24, 2.45) is 5.73 Å². The zero-order valence-electron chi connectivity index (χ0n) is 6.03. The fourth-order valence-electron chi connectivity index (χ4n) is 0.431. The van der Waals surface area contributed by atoms with Crippen LogP contribution in [0.15, 0.2) is 0 Å². The first-order valence-corrected chi connectivity index (χ1v) is 2.97. The SMILES string of the molecule is CC(=O)C(=O)CC(N)C(=O)O. The van der Waals surface area contributed by atoms with Gasteiger partial charge in [0.15, 0.2) is 11.6 Å². The Morgan fingerprint density at radius 2 is 1.91 bits per heavy atom. The van der Waals surface area contributed by atoms with E-state index in [1.54, 1.807) is 0 Å². The molecule has 1 unspecified atom stereocenters. The molecule has 0 saturated carbocycles. The van der Waals surface area contributed by atoms with Gasteiger partial charge in [-0.3, -0.25) is 14.4 Å². The van der Waals surface area contributed by atoms with Crippen LogP contribution < -0.4 is 5.73 Å². The molecular weight excluding hydrogens is 150 g/mol. The molecular formula is C6H9NO4. The molecule has 0 aliphatic rings. The van der Waals surface area contributed by atoms with Gasteiger partial charge in [0.25, 0.3) is 0 Å². The summed E-state index contributed by atoms with van der Waals surface area (Å²) in [6.07, 6.45) is -0.426. The lowest BCUT2D eigenvalue weighted by Gasteiger charge is -2.01. The number of aliphatic carboxylic acids is 1. The fraction of sp³-hybridized carbons (Fsp3) is 0.500. The third kappa shape index (κ3) is 3.47. The third-order valence-electron chi connectivity index (χ3n) is 1.12. The molecule has 0 bridgehead atoms. The van der Waals surface area contributed by atoms with E-state index in [2.05, 4.69) is 0 Å². The van der Waals surface area contributed by atoms with Gasteiger partial charge in [0.2, 0.25) is 0 Å². The summed E-state index contributed by atoms with van der Waals surface area (Å²) in [5.74, 6) is -2.69. The second-order valence-electron chi connectivity index (χ2n) is 2.13. The normalized spacial score (nSPS) is 12.2. The van der Waals surface area contributed by atoms with Crippen LogP contribution in [0.25, 0.3) is 0 Å². The van der Waals surface area contributed by atoms with E-state index in [0.717, 1.165) is 6.92 Å². The van der Waals surface area contributed by atoms with Gasteiger partial charge in [-0.1, -0.05) is 0 Å². The Morgan fingerprint density at radius 3 is 2.18 bits per heavy atom. The first kappa shape index (κ1) is 9.77. The number of Topliss-reactive ketones (excluding diaryl/α,β-unsaturated/α-hetero) is 2. The second kappa shape index (κ2) is 3.82. The van der Waals surface area contributed by atoms with Crippen LogP contribution in [0.3, 0.4) is 0 Å². The quantitative estimate of drug-likeness (QED) is 0.510. The number of ketones is 2. The highest BCUT2D eigenvalue weighted by atomic mass is 16.4. The van der Waals surface area contributed by atoms with Crippen molar-refractivity contribution in [3.05, 3.63) is 0 Å². The summed E-state index contributed by atoms with van der Waals surface area (Å²) in [6.45, 7) is 1.08. The Bertz CT molecular complexity index is 199. The van der Waals surface area contributed by atoms with E-state index in [0.29, 0.717) is 0 Å². The molecule has 0 rings (SSSR count). The molecule has 0 aromatic rings. The second-order valence-corrected chi connectivity index (χ2v) is 2.13. The van der Waals surface area contributed by atoms with E-state index in [1.807, 2.05) is 0 Å². The highest BCUT2D eigenvalue weighted by Crippen LogP contribution is 1.90. The molecule has 1 atom stereocenters. The largest absolute Gasteiger partial charge is 0.480 e. The average Bonchev–Trinajstić information content (AvgIpc) is 1.87. The monoisotopic (exact) mass is 159 g/mol. The predicted octanol–water partition coefficient (Wildman–Crippen LogP) is -1.05. The van der Waals surface area contributed by atoms with E-state index < -0.39 is 30.0 Å². The summed E-state index contributed by atoms with van der Waals surface area (Å²) < 4.78 is 0. The molecule has 5 heteroatoms. The molecule has 5 nitrogen and oxygen atoms in total. The Morgan fingerprint density at radius 1 is 1.45 bits per heavy atom. The number of hydrogen-bond acceptors (Lipinski definition) is 4. The van der Waals surface area contributed by atoms with Gasteiger partial charge in [0.1, 0.15) is 6.04 Å². The van der Waals surface area contributed by atoms with Crippen LogP contribution in [0.5, 0.6) is 0 Å². The van der Waals surface area contributed by atoms with Gasteiger partial charge in [0.05, 0.1) is 0 Å². The highest BCUT2D eigenvalue weighted by molar-refractivity contribution is 6.36. The van der Waals surface area contributed by atoms with Crippen molar-refractivity contribution in [3.8, 4) is 0 Å². The van der Waals surface area contributed by atoms with Crippen LogP contribution in [0.2, 0.25) is 0 Å². The molecule has 0 aliphatic heterocycles. The smallest absolute Gasteiger partial charge is 0.320 e. The predicted molar refractivity (Wildman–Crippen MR) is 35.9 cm³/mol. The maximum absolute atomic E-state index is 10.6. The van der Waals surface area contributed by atoms with Gasteiger partial charge >= 0.3 is 5.97 Å². The van der Waals surface area contributed by atoms with Crippen molar-refractivity contribution in [3.63, 3.8) is 0 Å². The first-order chi connectivity index (χ1) is 4.95. The number of rotatable bonds is 4. The molecule has 0 spiro atoms. The van der Waals surface area contributed by atoms with Crippen molar-refractivity contribution in [1.29, 1.82) is 0 Å². The fourth-order valence-corrected chi connectivity index (χ4v) is 0.431. The summed E-state index contributed by atoms with van der Waals surface area (Å²) >= 11 is 0. The Kier molecular flexibility index (Phi) is 3.39. The van der Waals surface area contributed by atoms with Crippen LogP contribution in [0, 0.1) is 0 Å². The maximum Gasteiger partial charge on any atom is 0.320 e. The molecule has 0 fully saturated rings. The van der Waals surface area contributed by atoms with Crippen LogP contribution in [0.4, 0.5) is 0 Å². The van der Waals surface area contributed by atoms with Crippen LogP contribution in [-0.2, 0) is 14.4 Å². The van der Waals surface area contributed by atoms with Gasteiger partial charge in [-0.2, -0.15) is 0 Å². The van der Waals surface area contributed by atoms with E-state index in [-0.39, 0.29) is 0 Å². The van der Waals surface area contributed by atoms with Gasteiger partial charge in [-0.05, 0) is 0 Å². The van der Waals surface area contributed by atoms with E-state index in [9.17, 15) is 14.4 Å². The molecule has 3 N–H and O–H groups in total. The lowest BCUT2D eigenvalue weighted by atomic mass is 10.1. The standard InChI is InChI=1S/C6H9NO4/c1-3(8)5(9)2-4(7)6(10)11/h4H,2,7H2,1H3,(H,10,11).